The topological polar surface area (TPSA) is 66.7 Å². The Hall–Kier alpha value is -2.99. The summed E-state index contributed by atoms with van der Waals surface area (Å²) in [7, 11) is 0. The largest absolute Gasteiger partial charge is 0.375 e. The van der Waals surface area contributed by atoms with Crippen molar-refractivity contribution in [1.29, 1.82) is 0 Å². The highest BCUT2D eigenvalue weighted by Gasteiger charge is 2.18. The van der Waals surface area contributed by atoms with Crippen LogP contribution in [0.2, 0.25) is 0 Å². The van der Waals surface area contributed by atoms with Crippen molar-refractivity contribution in [3.8, 4) is 0 Å². The van der Waals surface area contributed by atoms with E-state index in [4.69, 9.17) is 0 Å². The highest BCUT2D eigenvalue weighted by molar-refractivity contribution is 6.07. The third-order valence-electron chi connectivity index (χ3n) is 4.70. The van der Waals surface area contributed by atoms with E-state index in [0.29, 0.717) is 0 Å². The first kappa shape index (κ1) is 18.8. The minimum absolute atomic E-state index is 0.122. The lowest BCUT2D eigenvalue weighted by atomic mass is 10.1. The second-order valence-electron chi connectivity index (χ2n) is 6.76. The molecule has 0 amide bonds. The summed E-state index contributed by atoms with van der Waals surface area (Å²) in [4.78, 5) is 27.3. The summed E-state index contributed by atoms with van der Waals surface area (Å²) < 4.78 is 0. The van der Waals surface area contributed by atoms with Crippen molar-refractivity contribution in [2.45, 2.75) is 13.5 Å². The second kappa shape index (κ2) is 8.60. The molecule has 1 aliphatic rings. The zero-order valence-electron chi connectivity index (χ0n) is 15.4. The number of hydrogen-bond acceptors (Lipinski definition) is 5. The number of nitrogens with zero attached hydrogens (tertiary/aromatic N) is 3. The summed E-state index contributed by atoms with van der Waals surface area (Å²) in [5, 5.41) is 11.1. The molecule has 0 saturated carbocycles. The Morgan fingerprint density at radius 3 is 2.56 bits per heavy atom. The average molecular weight is 365 g/mol. The number of hydrogen-bond donors (Lipinski definition) is 0. The number of rotatable bonds is 6. The predicted octanol–water partition coefficient (Wildman–Crippen LogP) is 3.42. The number of allylic oxidation sites excluding steroid dienone is 1. The summed E-state index contributed by atoms with van der Waals surface area (Å²) in [6, 6.07) is 14.6. The molecule has 6 nitrogen and oxygen atoms in total. The average Bonchev–Trinajstić information content (AvgIpc) is 2.67. The fourth-order valence-corrected chi connectivity index (χ4v) is 3.24. The van der Waals surface area contributed by atoms with Crippen LogP contribution in [0, 0.1) is 17.0 Å². The highest BCUT2D eigenvalue weighted by Crippen LogP contribution is 2.18. The fraction of sp³-hybridized carbons (Fsp3) is 0.286. The molecule has 0 bridgehead atoms. The van der Waals surface area contributed by atoms with E-state index >= 15 is 0 Å². The minimum atomic E-state index is -0.523. The zero-order chi connectivity index (χ0) is 19.2. The van der Waals surface area contributed by atoms with E-state index in [0.717, 1.165) is 32.7 Å². The van der Waals surface area contributed by atoms with Gasteiger partial charge < -0.3 is 4.90 Å². The molecule has 0 aliphatic carbocycles. The van der Waals surface area contributed by atoms with E-state index in [1.807, 2.05) is 0 Å². The third kappa shape index (κ3) is 5.01. The molecule has 0 spiro atoms. The maximum Gasteiger partial charge on any atom is 0.280 e. The Kier molecular flexibility index (Phi) is 5.98. The van der Waals surface area contributed by atoms with Crippen LogP contribution in [0.3, 0.4) is 0 Å². The Morgan fingerprint density at radius 2 is 1.85 bits per heavy atom. The first-order valence-corrected chi connectivity index (χ1v) is 9.01. The number of nitro groups is 1. The monoisotopic (exact) mass is 365 g/mol. The van der Waals surface area contributed by atoms with Crippen molar-refractivity contribution in [3.05, 3.63) is 87.6 Å². The Labute approximate surface area is 158 Å². The maximum absolute atomic E-state index is 12.3. The molecule has 0 N–H and O–H groups in total. The van der Waals surface area contributed by atoms with Crippen LogP contribution in [0.1, 0.15) is 21.5 Å². The van der Waals surface area contributed by atoms with Gasteiger partial charge in [0.05, 0.1) is 10.5 Å². The first-order chi connectivity index (χ1) is 13.0. The van der Waals surface area contributed by atoms with Crippen LogP contribution in [0.5, 0.6) is 0 Å². The lowest BCUT2D eigenvalue weighted by Gasteiger charge is -2.34. The van der Waals surface area contributed by atoms with Gasteiger partial charge in [0.15, 0.2) is 5.78 Å². The van der Waals surface area contributed by atoms with Gasteiger partial charge in [-0.25, -0.2) is 0 Å². The first-order valence-electron chi connectivity index (χ1n) is 9.01. The van der Waals surface area contributed by atoms with Crippen molar-refractivity contribution >= 4 is 11.5 Å². The van der Waals surface area contributed by atoms with Gasteiger partial charge in [-0.05, 0) is 18.6 Å². The molecular weight excluding hydrogens is 342 g/mol. The molecule has 3 rings (SSSR count). The van der Waals surface area contributed by atoms with Crippen molar-refractivity contribution < 1.29 is 9.72 Å². The lowest BCUT2D eigenvalue weighted by Crippen LogP contribution is -2.43. The molecular formula is C21H23N3O3. The quantitative estimate of drug-likeness (QED) is 0.340. The molecule has 0 radical (unpaired) electrons. The van der Waals surface area contributed by atoms with Crippen LogP contribution in [0.15, 0.2) is 60.8 Å². The number of aryl methyl sites for hydroxylation is 1. The predicted molar refractivity (Wildman–Crippen MR) is 105 cm³/mol. The molecule has 0 unspecified atom stereocenters. The SMILES string of the molecule is Cc1cccc(CN2CCN(C=CC(=O)c3ccccc3[N+](=O)[O-])CC2)c1. The van der Waals surface area contributed by atoms with Gasteiger partial charge in [-0.2, -0.15) is 0 Å². The van der Waals surface area contributed by atoms with Gasteiger partial charge in [0.2, 0.25) is 0 Å². The van der Waals surface area contributed by atoms with Crippen LogP contribution in [-0.2, 0) is 6.54 Å². The van der Waals surface area contributed by atoms with Gasteiger partial charge in [0.25, 0.3) is 5.69 Å². The van der Waals surface area contributed by atoms with E-state index in [9.17, 15) is 14.9 Å². The summed E-state index contributed by atoms with van der Waals surface area (Å²) in [6.45, 7) is 6.50. The Balaban J connectivity index is 1.54. The van der Waals surface area contributed by atoms with Crippen LogP contribution in [0.25, 0.3) is 0 Å². The van der Waals surface area contributed by atoms with Gasteiger partial charge in [-0.3, -0.25) is 19.8 Å². The summed E-state index contributed by atoms with van der Waals surface area (Å²) >= 11 is 0. The van der Waals surface area contributed by atoms with Crippen molar-refractivity contribution in [1.82, 2.24) is 9.80 Å². The zero-order valence-corrected chi connectivity index (χ0v) is 15.4. The van der Waals surface area contributed by atoms with Gasteiger partial charge in [-0.1, -0.05) is 42.0 Å². The number of benzene rings is 2. The highest BCUT2D eigenvalue weighted by atomic mass is 16.6. The molecule has 2 aromatic rings. The Morgan fingerprint density at radius 1 is 1.11 bits per heavy atom. The molecule has 0 atom stereocenters. The van der Waals surface area contributed by atoms with Crippen molar-refractivity contribution in [2.24, 2.45) is 0 Å². The van der Waals surface area contributed by atoms with Gasteiger partial charge in [0.1, 0.15) is 0 Å². The van der Waals surface area contributed by atoms with E-state index < -0.39 is 4.92 Å². The Bertz CT molecular complexity index is 855. The third-order valence-corrected chi connectivity index (χ3v) is 4.70. The van der Waals surface area contributed by atoms with Crippen molar-refractivity contribution in [2.75, 3.05) is 26.2 Å². The molecule has 0 aromatic heterocycles. The molecule has 2 aromatic carbocycles. The summed E-state index contributed by atoms with van der Waals surface area (Å²) in [5.74, 6) is -0.343. The number of nitro benzene ring substituents is 1. The fourth-order valence-electron chi connectivity index (χ4n) is 3.24. The van der Waals surface area contributed by atoms with E-state index in [2.05, 4.69) is 41.0 Å². The normalized spacial score (nSPS) is 15.2. The van der Waals surface area contributed by atoms with E-state index in [1.165, 1.54) is 29.3 Å². The lowest BCUT2D eigenvalue weighted by molar-refractivity contribution is -0.385. The minimum Gasteiger partial charge on any atom is -0.375 e. The number of carbonyl (C=O) groups excluding carboxylic acids is 1. The van der Waals surface area contributed by atoms with E-state index in [-0.39, 0.29) is 17.0 Å². The summed E-state index contributed by atoms with van der Waals surface area (Å²) in [5.41, 5.74) is 2.54. The standard InChI is InChI=1S/C21H23N3O3/c1-17-5-4-6-18(15-17)16-23-13-11-22(12-14-23)10-9-21(25)19-7-2-3-8-20(19)24(26)27/h2-10,15H,11-14,16H2,1H3. The van der Waals surface area contributed by atoms with Crippen LogP contribution >= 0.6 is 0 Å². The van der Waals surface area contributed by atoms with Crippen LogP contribution in [0.4, 0.5) is 5.69 Å². The second-order valence-corrected chi connectivity index (χ2v) is 6.76. The molecule has 6 heteroatoms. The molecule has 1 aliphatic heterocycles. The smallest absolute Gasteiger partial charge is 0.280 e. The van der Waals surface area contributed by atoms with Crippen LogP contribution in [-0.4, -0.2) is 46.7 Å². The van der Waals surface area contributed by atoms with Crippen molar-refractivity contribution in [3.63, 3.8) is 0 Å². The number of ketones is 1. The van der Waals surface area contributed by atoms with Gasteiger partial charge in [0, 0.05) is 51.1 Å². The number of carbonyl (C=O) groups is 1. The number of piperazine rings is 1. The number of para-hydroxylation sites is 1. The van der Waals surface area contributed by atoms with Gasteiger partial charge >= 0.3 is 0 Å². The van der Waals surface area contributed by atoms with Gasteiger partial charge in [-0.15, -0.1) is 0 Å². The molecule has 27 heavy (non-hydrogen) atoms. The molecule has 1 fully saturated rings. The summed E-state index contributed by atoms with van der Waals surface area (Å²) in [6.07, 6.45) is 3.18. The van der Waals surface area contributed by atoms with E-state index in [1.54, 1.807) is 18.3 Å². The van der Waals surface area contributed by atoms with Crippen LogP contribution < -0.4 is 0 Å². The molecule has 140 valence electrons. The molecule has 1 saturated heterocycles. The maximum atomic E-state index is 12.3. The molecule has 1 heterocycles.